The number of piperidine rings is 1. The highest BCUT2D eigenvalue weighted by Gasteiger charge is 2.31. The van der Waals surface area contributed by atoms with Crippen LogP contribution in [0.15, 0.2) is 29.6 Å². The first-order valence-corrected chi connectivity index (χ1v) is 10.3. The number of benzene rings is 1. The Balaban J connectivity index is 1.69. The first-order valence-electron chi connectivity index (χ1n) is 9.00. The van der Waals surface area contributed by atoms with Crippen LogP contribution >= 0.6 is 22.9 Å². The lowest BCUT2D eigenvalue weighted by Gasteiger charge is -2.39. The summed E-state index contributed by atoms with van der Waals surface area (Å²) < 4.78 is 0. The average molecular weight is 378 g/mol. The summed E-state index contributed by atoms with van der Waals surface area (Å²) in [6.07, 6.45) is 2.54. The molecule has 3 unspecified atom stereocenters. The Labute approximate surface area is 160 Å². The molecular weight excluding hydrogens is 350 g/mol. The standard InChI is InChI=1S/C20H28ClN3S/c1-13-10-16(11-17(21)19(13)22)14(2)23-12-15-6-4-8-24(3)20(15)18-7-5-9-25-18/h5,7,9-11,14-15,20,23H,4,6,8,12,22H2,1-3H3. The van der Waals surface area contributed by atoms with Gasteiger partial charge in [0, 0.05) is 23.5 Å². The van der Waals surface area contributed by atoms with Crippen LogP contribution in [-0.4, -0.2) is 25.0 Å². The van der Waals surface area contributed by atoms with E-state index in [1.165, 1.54) is 29.8 Å². The van der Waals surface area contributed by atoms with E-state index in [9.17, 15) is 0 Å². The minimum atomic E-state index is 0.257. The lowest BCUT2D eigenvalue weighted by molar-refractivity contribution is 0.120. The Morgan fingerprint density at radius 1 is 1.44 bits per heavy atom. The molecule has 0 amide bonds. The number of rotatable bonds is 5. The summed E-state index contributed by atoms with van der Waals surface area (Å²) in [6.45, 7) is 6.41. The maximum atomic E-state index is 6.26. The highest BCUT2D eigenvalue weighted by molar-refractivity contribution is 7.10. The zero-order valence-electron chi connectivity index (χ0n) is 15.3. The molecule has 1 aromatic carbocycles. The van der Waals surface area contributed by atoms with E-state index in [1.54, 1.807) is 0 Å². The smallest absolute Gasteiger partial charge is 0.0641 e. The van der Waals surface area contributed by atoms with Crippen molar-refractivity contribution in [2.45, 2.75) is 38.8 Å². The SMILES string of the molecule is Cc1cc(C(C)NCC2CCCN(C)C2c2cccs2)cc(Cl)c1N. The molecule has 0 saturated carbocycles. The fraction of sp³-hybridized carbons (Fsp3) is 0.500. The second-order valence-electron chi connectivity index (χ2n) is 7.21. The molecule has 2 aromatic rings. The molecule has 0 spiro atoms. The van der Waals surface area contributed by atoms with Gasteiger partial charge >= 0.3 is 0 Å². The maximum absolute atomic E-state index is 6.26. The van der Waals surface area contributed by atoms with Gasteiger partial charge in [-0.1, -0.05) is 23.7 Å². The van der Waals surface area contributed by atoms with E-state index in [-0.39, 0.29) is 6.04 Å². The number of halogens is 1. The van der Waals surface area contributed by atoms with E-state index in [1.807, 2.05) is 24.3 Å². The van der Waals surface area contributed by atoms with E-state index in [2.05, 4.69) is 47.8 Å². The van der Waals surface area contributed by atoms with Crippen LogP contribution in [0, 0.1) is 12.8 Å². The summed E-state index contributed by atoms with van der Waals surface area (Å²) in [7, 11) is 2.25. The lowest BCUT2D eigenvalue weighted by Crippen LogP contribution is -2.40. The average Bonchev–Trinajstić information content (AvgIpc) is 3.11. The van der Waals surface area contributed by atoms with Gasteiger partial charge in [0.2, 0.25) is 0 Å². The van der Waals surface area contributed by atoms with Crippen LogP contribution in [0.1, 0.15) is 47.9 Å². The Kier molecular flexibility index (Phi) is 6.05. The second kappa shape index (κ2) is 8.09. The summed E-state index contributed by atoms with van der Waals surface area (Å²) in [6, 6.07) is 9.34. The Morgan fingerprint density at radius 3 is 2.92 bits per heavy atom. The van der Waals surface area contributed by atoms with Crippen LogP contribution in [0.3, 0.4) is 0 Å². The molecule has 3 rings (SSSR count). The number of likely N-dealkylation sites (tertiary alicyclic amines) is 1. The van der Waals surface area contributed by atoms with Gasteiger partial charge in [-0.15, -0.1) is 11.3 Å². The minimum absolute atomic E-state index is 0.257. The van der Waals surface area contributed by atoms with Gasteiger partial charge in [0.15, 0.2) is 0 Å². The van der Waals surface area contributed by atoms with Crippen molar-refractivity contribution in [3.05, 3.63) is 50.7 Å². The molecule has 5 heteroatoms. The van der Waals surface area contributed by atoms with Crippen molar-refractivity contribution in [1.82, 2.24) is 10.2 Å². The number of nitrogen functional groups attached to an aromatic ring is 1. The molecule has 2 heterocycles. The molecule has 1 saturated heterocycles. The van der Waals surface area contributed by atoms with Crippen LogP contribution < -0.4 is 11.1 Å². The maximum Gasteiger partial charge on any atom is 0.0641 e. The molecule has 136 valence electrons. The van der Waals surface area contributed by atoms with Crippen LogP contribution in [0.2, 0.25) is 5.02 Å². The van der Waals surface area contributed by atoms with Crippen molar-refractivity contribution in [2.75, 3.05) is 25.9 Å². The third-order valence-electron chi connectivity index (χ3n) is 5.39. The molecular formula is C20H28ClN3S. The normalized spacial score (nSPS) is 22.9. The molecule has 3 atom stereocenters. The molecule has 0 bridgehead atoms. The van der Waals surface area contributed by atoms with Gasteiger partial charge in [-0.05, 0) is 74.8 Å². The lowest BCUT2D eigenvalue weighted by atomic mass is 9.88. The summed E-state index contributed by atoms with van der Waals surface area (Å²) in [5, 5.41) is 6.57. The number of anilines is 1. The van der Waals surface area contributed by atoms with Crippen LogP contribution in [0.4, 0.5) is 5.69 Å². The van der Waals surface area contributed by atoms with Gasteiger partial charge in [0.05, 0.1) is 10.7 Å². The highest BCUT2D eigenvalue weighted by atomic mass is 35.5. The van der Waals surface area contributed by atoms with Crippen LogP contribution in [-0.2, 0) is 0 Å². The molecule has 1 aromatic heterocycles. The molecule has 3 N–H and O–H groups in total. The van der Waals surface area contributed by atoms with Gasteiger partial charge in [0.1, 0.15) is 0 Å². The Hall–Kier alpha value is -1.07. The second-order valence-corrected chi connectivity index (χ2v) is 8.59. The third-order valence-corrected chi connectivity index (χ3v) is 6.64. The number of hydrogen-bond acceptors (Lipinski definition) is 4. The van der Waals surface area contributed by atoms with Crippen molar-refractivity contribution >= 4 is 28.6 Å². The van der Waals surface area contributed by atoms with Crippen molar-refractivity contribution in [3.63, 3.8) is 0 Å². The van der Waals surface area contributed by atoms with Crippen molar-refractivity contribution in [1.29, 1.82) is 0 Å². The summed E-state index contributed by atoms with van der Waals surface area (Å²) >= 11 is 8.14. The summed E-state index contributed by atoms with van der Waals surface area (Å²) in [4.78, 5) is 3.99. The van der Waals surface area contributed by atoms with Crippen LogP contribution in [0.5, 0.6) is 0 Å². The topological polar surface area (TPSA) is 41.3 Å². The highest BCUT2D eigenvalue weighted by Crippen LogP contribution is 2.37. The monoisotopic (exact) mass is 377 g/mol. The van der Waals surface area contributed by atoms with Gasteiger partial charge in [-0.3, -0.25) is 4.90 Å². The Morgan fingerprint density at radius 2 is 2.24 bits per heavy atom. The zero-order valence-corrected chi connectivity index (χ0v) is 16.8. The summed E-state index contributed by atoms with van der Waals surface area (Å²) in [5.41, 5.74) is 8.91. The largest absolute Gasteiger partial charge is 0.397 e. The molecule has 1 aliphatic heterocycles. The summed E-state index contributed by atoms with van der Waals surface area (Å²) in [5.74, 6) is 0.630. The quantitative estimate of drug-likeness (QED) is 0.718. The van der Waals surface area contributed by atoms with E-state index in [0.717, 1.165) is 12.1 Å². The number of aryl methyl sites for hydroxylation is 1. The fourth-order valence-electron chi connectivity index (χ4n) is 3.86. The van der Waals surface area contributed by atoms with E-state index in [4.69, 9.17) is 17.3 Å². The number of nitrogens with zero attached hydrogens (tertiary/aromatic N) is 1. The van der Waals surface area contributed by atoms with E-state index >= 15 is 0 Å². The predicted molar refractivity (Wildman–Crippen MR) is 109 cm³/mol. The van der Waals surface area contributed by atoms with Crippen LogP contribution in [0.25, 0.3) is 0 Å². The number of nitrogens with two attached hydrogens (primary N) is 1. The molecule has 0 radical (unpaired) electrons. The third kappa shape index (κ3) is 4.20. The van der Waals surface area contributed by atoms with Gasteiger partial charge in [-0.2, -0.15) is 0 Å². The zero-order chi connectivity index (χ0) is 18.0. The van der Waals surface area contributed by atoms with Crippen molar-refractivity contribution in [3.8, 4) is 0 Å². The molecule has 1 aliphatic rings. The number of hydrogen-bond donors (Lipinski definition) is 2. The molecule has 25 heavy (non-hydrogen) atoms. The molecule has 0 aliphatic carbocycles. The number of thiophene rings is 1. The van der Waals surface area contributed by atoms with Gasteiger partial charge in [-0.25, -0.2) is 0 Å². The number of nitrogens with one attached hydrogen (secondary N) is 1. The first-order chi connectivity index (χ1) is 12.0. The first kappa shape index (κ1) is 18.7. The van der Waals surface area contributed by atoms with Gasteiger partial charge in [0.25, 0.3) is 0 Å². The molecule has 1 fully saturated rings. The fourth-order valence-corrected chi connectivity index (χ4v) is 5.12. The molecule has 3 nitrogen and oxygen atoms in total. The Bertz CT molecular complexity index is 678. The minimum Gasteiger partial charge on any atom is -0.397 e. The van der Waals surface area contributed by atoms with E-state index in [0.29, 0.717) is 22.7 Å². The van der Waals surface area contributed by atoms with Crippen molar-refractivity contribution in [2.24, 2.45) is 5.92 Å². The van der Waals surface area contributed by atoms with Gasteiger partial charge < -0.3 is 11.1 Å². The van der Waals surface area contributed by atoms with E-state index < -0.39 is 0 Å². The predicted octanol–water partition coefficient (Wildman–Crippen LogP) is 5.03. The van der Waals surface area contributed by atoms with Crippen molar-refractivity contribution < 1.29 is 0 Å².